The Morgan fingerprint density at radius 3 is 2.20 bits per heavy atom. The summed E-state index contributed by atoms with van der Waals surface area (Å²) in [5, 5.41) is 0.869. The Kier molecular flexibility index (Phi) is 3.69. The minimum atomic E-state index is -1.49. The molecule has 0 atom stereocenters. The van der Waals surface area contributed by atoms with E-state index in [0.29, 0.717) is 0 Å². The van der Waals surface area contributed by atoms with Crippen LogP contribution in [0.2, 0.25) is 0 Å². The molecule has 0 aromatic heterocycles. The zero-order chi connectivity index (χ0) is 7.40. The molecule has 0 N–H and O–H groups in total. The van der Waals surface area contributed by atoms with Gasteiger partial charge in [0.1, 0.15) is 0 Å². The van der Waals surface area contributed by atoms with Crippen LogP contribution >= 0.6 is 19.4 Å². The molecule has 0 amide bonds. The molecule has 1 aromatic rings. The Morgan fingerprint density at radius 1 is 1.10 bits per heavy atom. The van der Waals surface area contributed by atoms with E-state index in [9.17, 15) is 0 Å². The van der Waals surface area contributed by atoms with Crippen LogP contribution in [0.5, 0.6) is 0 Å². The van der Waals surface area contributed by atoms with Crippen LogP contribution in [0.15, 0.2) is 30.3 Å². The summed E-state index contributed by atoms with van der Waals surface area (Å²) in [6.07, 6.45) is 0. The standard InChI is InChI=1S/C7H7.2ClH.Ru/c1-7-5-3-2-4-6-7;;;/h2-6H,1H2;2*1H;/q;;;+3/p-2. The topological polar surface area (TPSA) is 0 Å². The second kappa shape index (κ2) is 4.33. The first kappa shape index (κ1) is 8.52. The summed E-state index contributed by atoms with van der Waals surface area (Å²) in [6.45, 7) is 0. The fourth-order valence-electron chi connectivity index (χ4n) is 0.670. The fraction of sp³-hybridized carbons (Fsp3) is 0.143. The van der Waals surface area contributed by atoms with Crippen LogP contribution in [0.3, 0.4) is 0 Å². The van der Waals surface area contributed by atoms with Gasteiger partial charge >= 0.3 is 74.3 Å². The summed E-state index contributed by atoms with van der Waals surface area (Å²) in [5.74, 6) is 0. The van der Waals surface area contributed by atoms with Crippen molar-refractivity contribution in [2.75, 3.05) is 0 Å². The van der Waals surface area contributed by atoms with Crippen LogP contribution in [0.1, 0.15) is 5.56 Å². The quantitative estimate of drug-likeness (QED) is 0.719. The number of rotatable bonds is 2. The summed E-state index contributed by atoms with van der Waals surface area (Å²) >= 11 is -1.49. The SMILES string of the molecule is [Cl][Ru+]([Cl])[CH2]c1ccccc1. The zero-order valence-corrected chi connectivity index (χ0v) is 8.45. The van der Waals surface area contributed by atoms with E-state index in [1.54, 1.807) is 0 Å². The van der Waals surface area contributed by atoms with Crippen LogP contribution in [-0.2, 0) is 19.0 Å². The first-order valence-electron chi connectivity index (χ1n) is 2.78. The Morgan fingerprint density at radius 2 is 1.70 bits per heavy atom. The molecular weight excluding hydrogens is 256 g/mol. The van der Waals surface area contributed by atoms with Crippen LogP contribution in [0.4, 0.5) is 0 Å². The predicted molar refractivity (Wildman–Crippen MR) is 41.9 cm³/mol. The van der Waals surface area contributed by atoms with E-state index in [1.165, 1.54) is 5.56 Å². The molecule has 56 valence electrons. The van der Waals surface area contributed by atoms with Crippen molar-refractivity contribution >= 4 is 19.4 Å². The first-order chi connectivity index (χ1) is 4.79. The van der Waals surface area contributed by atoms with Crippen molar-refractivity contribution in [3.05, 3.63) is 35.9 Å². The summed E-state index contributed by atoms with van der Waals surface area (Å²) < 4.78 is 0. The van der Waals surface area contributed by atoms with Gasteiger partial charge in [0.15, 0.2) is 0 Å². The van der Waals surface area contributed by atoms with Crippen LogP contribution in [-0.4, -0.2) is 0 Å². The minimum absolute atomic E-state index is 0.869. The number of hydrogen-bond acceptors (Lipinski definition) is 0. The normalized spacial score (nSPS) is 11.2. The van der Waals surface area contributed by atoms with Crippen molar-refractivity contribution in [1.29, 1.82) is 0 Å². The summed E-state index contributed by atoms with van der Waals surface area (Å²) in [4.78, 5) is 0. The maximum absolute atomic E-state index is 5.72. The van der Waals surface area contributed by atoms with Crippen LogP contribution in [0.25, 0.3) is 0 Å². The summed E-state index contributed by atoms with van der Waals surface area (Å²) in [6, 6.07) is 10.1. The van der Waals surface area contributed by atoms with Crippen LogP contribution < -0.4 is 0 Å². The summed E-state index contributed by atoms with van der Waals surface area (Å²) in [7, 11) is 11.4. The third-order valence-corrected chi connectivity index (χ3v) is 3.37. The predicted octanol–water partition coefficient (Wildman–Crippen LogP) is 3.11. The molecule has 0 spiro atoms. The van der Waals surface area contributed by atoms with Gasteiger partial charge in [-0.25, -0.2) is 0 Å². The molecule has 0 nitrogen and oxygen atoms in total. The maximum atomic E-state index is 5.72. The van der Waals surface area contributed by atoms with Crippen molar-refractivity contribution in [3.8, 4) is 0 Å². The van der Waals surface area contributed by atoms with E-state index >= 15 is 0 Å². The van der Waals surface area contributed by atoms with E-state index < -0.39 is 14.0 Å². The third-order valence-electron chi connectivity index (χ3n) is 1.08. The van der Waals surface area contributed by atoms with Gasteiger partial charge in [0, 0.05) is 0 Å². The Bertz CT molecular complexity index is 186. The van der Waals surface area contributed by atoms with Gasteiger partial charge in [0.05, 0.1) is 0 Å². The molecule has 10 heavy (non-hydrogen) atoms. The van der Waals surface area contributed by atoms with E-state index in [0.717, 1.165) is 5.02 Å². The Hall–Kier alpha value is 0.423. The average molecular weight is 263 g/mol. The van der Waals surface area contributed by atoms with E-state index in [-0.39, 0.29) is 0 Å². The number of halogens is 2. The Labute approximate surface area is 74.1 Å². The van der Waals surface area contributed by atoms with Crippen molar-refractivity contribution < 1.29 is 14.0 Å². The molecule has 1 aromatic carbocycles. The van der Waals surface area contributed by atoms with Crippen molar-refractivity contribution in [2.45, 2.75) is 5.02 Å². The van der Waals surface area contributed by atoms with E-state index in [2.05, 4.69) is 0 Å². The molecule has 0 aliphatic rings. The van der Waals surface area contributed by atoms with Gasteiger partial charge in [-0.05, 0) is 0 Å². The van der Waals surface area contributed by atoms with Gasteiger partial charge < -0.3 is 0 Å². The van der Waals surface area contributed by atoms with Crippen molar-refractivity contribution in [1.82, 2.24) is 0 Å². The van der Waals surface area contributed by atoms with Crippen molar-refractivity contribution in [2.24, 2.45) is 0 Å². The fourth-order valence-corrected chi connectivity index (χ4v) is 2.91. The molecule has 0 unspecified atom stereocenters. The molecule has 0 fully saturated rings. The zero-order valence-electron chi connectivity index (χ0n) is 5.20. The van der Waals surface area contributed by atoms with Gasteiger partial charge in [-0.15, -0.1) is 0 Å². The van der Waals surface area contributed by atoms with E-state index in [1.807, 2.05) is 30.3 Å². The third kappa shape index (κ3) is 3.01. The molecule has 3 heteroatoms. The van der Waals surface area contributed by atoms with Crippen molar-refractivity contribution in [3.63, 3.8) is 0 Å². The first-order valence-corrected chi connectivity index (χ1v) is 8.49. The van der Waals surface area contributed by atoms with Gasteiger partial charge in [-0.3, -0.25) is 0 Å². The molecule has 0 saturated heterocycles. The van der Waals surface area contributed by atoms with Gasteiger partial charge in [0.2, 0.25) is 0 Å². The molecule has 1 rings (SSSR count). The molecule has 0 heterocycles. The Balaban J connectivity index is 2.59. The second-order valence-corrected chi connectivity index (χ2v) is 8.27. The van der Waals surface area contributed by atoms with Crippen LogP contribution in [0, 0.1) is 0 Å². The number of benzene rings is 1. The molecule has 0 aliphatic carbocycles. The second-order valence-electron chi connectivity index (χ2n) is 1.85. The molecular formula is C7H7Cl2Ru+. The van der Waals surface area contributed by atoms with Gasteiger partial charge in [-0.2, -0.15) is 0 Å². The molecule has 0 radical (unpaired) electrons. The van der Waals surface area contributed by atoms with Gasteiger partial charge in [0.25, 0.3) is 0 Å². The monoisotopic (exact) mass is 263 g/mol. The molecule has 0 bridgehead atoms. The molecule has 0 saturated carbocycles. The molecule has 0 aliphatic heterocycles. The average Bonchev–Trinajstić information content (AvgIpc) is 1.88. The number of hydrogen-bond donors (Lipinski definition) is 0. The van der Waals surface area contributed by atoms with Gasteiger partial charge in [-0.1, -0.05) is 0 Å². The summed E-state index contributed by atoms with van der Waals surface area (Å²) in [5.41, 5.74) is 1.24. The van der Waals surface area contributed by atoms with E-state index in [4.69, 9.17) is 19.4 Å².